The zero-order chi connectivity index (χ0) is 13.7. The lowest BCUT2D eigenvalue weighted by Gasteiger charge is -2.12. The van der Waals surface area contributed by atoms with E-state index in [-0.39, 0.29) is 0 Å². The van der Waals surface area contributed by atoms with Gasteiger partial charge < -0.3 is 9.73 Å². The Morgan fingerprint density at radius 2 is 2.00 bits per heavy atom. The van der Waals surface area contributed by atoms with Gasteiger partial charge in [0.25, 0.3) is 0 Å². The number of benzene rings is 1. The summed E-state index contributed by atoms with van der Waals surface area (Å²) < 4.78 is 5.23. The summed E-state index contributed by atoms with van der Waals surface area (Å²) in [6.07, 6.45) is 4.21. The van der Waals surface area contributed by atoms with Gasteiger partial charge in [-0.05, 0) is 24.5 Å². The molecule has 0 amide bonds. The van der Waals surface area contributed by atoms with Crippen LogP contribution in [0.25, 0.3) is 11.3 Å². The number of nitrogens with one attached hydrogen (secondary N) is 1. The number of nitrogens with zero attached hydrogens (tertiary/aromatic N) is 1. The fraction of sp³-hybridized carbons (Fsp3) is 0.438. The second-order valence-electron chi connectivity index (χ2n) is 5.10. The van der Waals surface area contributed by atoms with Crippen LogP contribution in [0, 0.1) is 12.8 Å². The molecule has 1 heterocycles. The molecule has 3 heteroatoms. The standard InChI is InChI=1S/C16H22N2O/c1-4-5-12(2)10-17-15-8-6-14(7-9-15)16-11-19-13(3)18-16/h6-9,11-12,17H,4-5,10H2,1-3H3. The van der Waals surface area contributed by atoms with Crippen LogP contribution in [-0.2, 0) is 0 Å². The van der Waals surface area contributed by atoms with Gasteiger partial charge in [0.05, 0.1) is 0 Å². The first-order valence-corrected chi connectivity index (χ1v) is 6.95. The molecule has 102 valence electrons. The molecule has 0 aliphatic rings. The van der Waals surface area contributed by atoms with E-state index in [4.69, 9.17) is 4.42 Å². The molecular weight excluding hydrogens is 236 g/mol. The van der Waals surface area contributed by atoms with Gasteiger partial charge in [0.1, 0.15) is 12.0 Å². The highest BCUT2D eigenvalue weighted by Gasteiger charge is 2.04. The molecule has 0 bridgehead atoms. The summed E-state index contributed by atoms with van der Waals surface area (Å²) in [5.41, 5.74) is 3.14. The Hall–Kier alpha value is -1.77. The Morgan fingerprint density at radius 3 is 2.58 bits per heavy atom. The third kappa shape index (κ3) is 3.85. The van der Waals surface area contributed by atoms with Gasteiger partial charge in [0, 0.05) is 24.7 Å². The lowest BCUT2D eigenvalue weighted by molar-refractivity contribution is 0.521. The van der Waals surface area contributed by atoms with Crippen molar-refractivity contribution in [1.82, 2.24) is 4.98 Å². The van der Waals surface area contributed by atoms with E-state index in [0.29, 0.717) is 11.8 Å². The molecule has 0 aliphatic carbocycles. The maximum Gasteiger partial charge on any atom is 0.191 e. The van der Waals surface area contributed by atoms with Crippen molar-refractivity contribution >= 4 is 5.69 Å². The fourth-order valence-corrected chi connectivity index (χ4v) is 2.14. The van der Waals surface area contributed by atoms with Gasteiger partial charge in [0.15, 0.2) is 5.89 Å². The zero-order valence-electron chi connectivity index (χ0n) is 11.9. The van der Waals surface area contributed by atoms with Crippen LogP contribution in [0.3, 0.4) is 0 Å². The Labute approximate surface area is 115 Å². The molecule has 1 aromatic heterocycles. The molecule has 1 N–H and O–H groups in total. The van der Waals surface area contributed by atoms with Crippen LogP contribution in [-0.4, -0.2) is 11.5 Å². The molecule has 1 aromatic carbocycles. The quantitative estimate of drug-likeness (QED) is 0.829. The number of aromatic nitrogens is 1. The van der Waals surface area contributed by atoms with Crippen molar-refractivity contribution in [2.45, 2.75) is 33.6 Å². The molecule has 0 saturated heterocycles. The van der Waals surface area contributed by atoms with Gasteiger partial charge in [0.2, 0.25) is 0 Å². The van der Waals surface area contributed by atoms with Gasteiger partial charge in [-0.15, -0.1) is 0 Å². The van der Waals surface area contributed by atoms with Crippen LogP contribution in [0.4, 0.5) is 5.69 Å². The van der Waals surface area contributed by atoms with Crippen molar-refractivity contribution in [2.24, 2.45) is 5.92 Å². The predicted molar refractivity (Wildman–Crippen MR) is 79.2 cm³/mol. The lowest BCUT2D eigenvalue weighted by Crippen LogP contribution is -2.10. The van der Waals surface area contributed by atoms with Crippen molar-refractivity contribution in [1.29, 1.82) is 0 Å². The summed E-state index contributed by atoms with van der Waals surface area (Å²) in [7, 11) is 0. The second kappa shape index (κ2) is 6.41. The van der Waals surface area contributed by atoms with Crippen LogP contribution in [0.1, 0.15) is 32.6 Å². The fourth-order valence-electron chi connectivity index (χ4n) is 2.14. The molecule has 1 unspecified atom stereocenters. The largest absolute Gasteiger partial charge is 0.449 e. The molecule has 0 aliphatic heterocycles. The van der Waals surface area contributed by atoms with Crippen LogP contribution < -0.4 is 5.32 Å². The lowest BCUT2D eigenvalue weighted by atomic mass is 10.1. The van der Waals surface area contributed by atoms with Crippen LogP contribution in [0.5, 0.6) is 0 Å². The minimum absolute atomic E-state index is 0.700. The van der Waals surface area contributed by atoms with E-state index in [1.165, 1.54) is 12.8 Å². The maximum absolute atomic E-state index is 5.23. The minimum atomic E-state index is 0.700. The molecule has 2 rings (SSSR count). The second-order valence-corrected chi connectivity index (χ2v) is 5.10. The highest BCUT2D eigenvalue weighted by Crippen LogP contribution is 2.21. The Morgan fingerprint density at radius 1 is 1.26 bits per heavy atom. The van der Waals surface area contributed by atoms with E-state index in [9.17, 15) is 0 Å². The molecule has 2 aromatic rings. The van der Waals surface area contributed by atoms with Crippen LogP contribution in [0.15, 0.2) is 34.9 Å². The van der Waals surface area contributed by atoms with E-state index in [0.717, 1.165) is 23.5 Å². The van der Waals surface area contributed by atoms with Gasteiger partial charge in [-0.1, -0.05) is 32.4 Å². The molecule has 3 nitrogen and oxygen atoms in total. The Kier molecular flexibility index (Phi) is 4.61. The van der Waals surface area contributed by atoms with E-state index in [2.05, 4.69) is 48.4 Å². The number of anilines is 1. The summed E-state index contributed by atoms with van der Waals surface area (Å²) in [6, 6.07) is 8.34. The first-order chi connectivity index (χ1) is 9.19. The average molecular weight is 258 g/mol. The molecule has 0 saturated carbocycles. The summed E-state index contributed by atoms with van der Waals surface area (Å²) >= 11 is 0. The van der Waals surface area contributed by atoms with E-state index >= 15 is 0 Å². The van der Waals surface area contributed by atoms with Crippen LogP contribution >= 0.6 is 0 Å². The first kappa shape index (κ1) is 13.7. The molecule has 19 heavy (non-hydrogen) atoms. The highest BCUT2D eigenvalue weighted by molar-refractivity contribution is 5.61. The molecule has 0 fully saturated rings. The molecule has 1 atom stereocenters. The Balaban J connectivity index is 1.95. The number of oxazole rings is 1. The maximum atomic E-state index is 5.23. The summed E-state index contributed by atoms with van der Waals surface area (Å²) in [4.78, 5) is 4.32. The van der Waals surface area contributed by atoms with Crippen molar-refractivity contribution < 1.29 is 4.42 Å². The number of rotatable bonds is 6. The smallest absolute Gasteiger partial charge is 0.191 e. The van der Waals surface area contributed by atoms with Crippen molar-refractivity contribution in [3.8, 4) is 11.3 Å². The first-order valence-electron chi connectivity index (χ1n) is 6.95. The van der Waals surface area contributed by atoms with Gasteiger partial charge in [-0.2, -0.15) is 0 Å². The van der Waals surface area contributed by atoms with Gasteiger partial charge in [-0.25, -0.2) is 4.98 Å². The van der Waals surface area contributed by atoms with E-state index < -0.39 is 0 Å². The summed E-state index contributed by atoms with van der Waals surface area (Å²) in [6.45, 7) is 7.39. The number of aryl methyl sites for hydroxylation is 1. The summed E-state index contributed by atoms with van der Waals surface area (Å²) in [5.74, 6) is 1.41. The predicted octanol–water partition coefficient (Wildman–Crippen LogP) is 4.50. The highest BCUT2D eigenvalue weighted by atomic mass is 16.3. The third-order valence-corrected chi connectivity index (χ3v) is 3.24. The summed E-state index contributed by atoms with van der Waals surface area (Å²) in [5, 5.41) is 3.47. The van der Waals surface area contributed by atoms with E-state index in [1.54, 1.807) is 6.26 Å². The van der Waals surface area contributed by atoms with Crippen molar-refractivity contribution in [2.75, 3.05) is 11.9 Å². The third-order valence-electron chi connectivity index (χ3n) is 3.24. The van der Waals surface area contributed by atoms with Gasteiger partial charge in [-0.3, -0.25) is 0 Å². The molecule has 0 radical (unpaired) electrons. The SMILES string of the molecule is CCCC(C)CNc1ccc(-c2coc(C)n2)cc1. The normalized spacial score (nSPS) is 12.4. The van der Waals surface area contributed by atoms with Gasteiger partial charge >= 0.3 is 0 Å². The zero-order valence-corrected chi connectivity index (χ0v) is 11.9. The Bertz CT molecular complexity index is 502. The van der Waals surface area contributed by atoms with E-state index in [1.807, 2.05) is 6.92 Å². The van der Waals surface area contributed by atoms with Crippen LogP contribution in [0.2, 0.25) is 0 Å². The topological polar surface area (TPSA) is 38.1 Å². The monoisotopic (exact) mass is 258 g/mol. The average Bonchev–Trinajstić information content (AvgIpc) is 2.84. The molecular formula is C16H22N2O. The van der Waals surface area contributed by atoms with Crippen molar-refractivity contribution in [3.05, 3.63) is 36.4 Å². The number of hydrogen-bond donors (Lipinski definition) is 1. The van der Waals surface area contributed by atoms with Crippen molar-refractivity contribution in [3.63, 3.8) is 0 Å². The minimum Gasteiger partial charge on any atom is -0.449 e. The number of hydrogen-bond acceptors (Lipinski definition) is 3. The molecule has 0 spiro atoms.